The van der Waals surface area contributed by atoms with Gasteiger partial charge in [0.15, 0.2) is 5.58 Å². The molecule has 0 radical (unpaired) electrons. The number of benzene rings is 2. The van der Waals surface area contributed by atoms with Gasteiger partial charge in [0.1, 0.15) is 11.5 Å². The molecular formula is C14H7ClF3NO2S. The van der Waals surface area contributed by atoms with Crippen molar-refractivity contribution in [2.75, 3.05) is 0 Å². The molecule has 1 aromatic heterocycles. The second kappa shape index (κ2) is 5.33. The second-order valence-corrected chi connectivity index (χ2v) is 5.20. The summed E-state index contributed by atoms with van der Waals surface area (Å²) < 4.78 is 48.5. The average Bonchev–Trinajstić information content (AvgIpc) is 2.79. The van der Waals surface area contributed by atoms with Gasteiger partial charge < -0.3 is 14.1 Å². The van der Waals surface area contributed by atoms with Crippen molar-refractivity contribution in [3.05, 3.63) is 51.8 Å². The number of alkyl halides is 3. The monoisotopic (exact) mass is 345 g/mol. The minimum Gasteiger partial charge on any atom is -0.456 e. The van der Waals surface area contributed by atoms with Crippen LogP contribution in [-0.4, -0.2) is 4.98 Å². The zero-order valence-electron chi connectivity index (χ0n) is 10.7. The summed E-state index contributed by atoms with van der Waals surface area (Å²) in [5, 5.41) is -0.134. The van der Waals surface area contributed by atoms with Crippen LogP contribution in [0.1, 0.15) is 5.56 Å². The Balaban J connectivity index is 1.92. The standard InChI is InChI=1S/C14H7ClF3NO2S/c15-9-5-7(14(16,17)18)1-4-11(9)20-8-2-3-10-12(6-8)21-13(22)19-10/h1-6H,(H,19,22). The molecule has 3 rings (SSSR count). The minimum atomic E-state index is -4.45. The van der Waals surface area contributed by atoms with Crippen LogP contribution in [-0.2, 0) is 6.18 Å². The third-order valence-corrected chi connectivity index (χ3v) is 3.36. The average molecular weight is 346 g/mol. The largest absolute Gasteiger partial charge is 0.456 e. The number of nitrogens with one attached hydrogen (secondary N) is 1. The number of aromatic nitrogens is 1. The van der Waals surface area contributed by atoms with Crippen molar-refractivity contribution >= 4 is 34.9 Å². The first-order chi connectivity index (χ1) is 10.3. The molecule has 0 bridgehead atoms. The van der Waals surface area contributed by atoms with Crippen molar-refractivity contribution in [3.8, 4) is 11.5 Å². The van der Waals surface area contributed by atoms with E-state index < -0.39 is 11.7 Å². The Bertz CT molecular complexity index is 901. The van der Waals surface area contributed by atoms with Gasteiger partial charge in [-0.3, -0.25) is 0 Å². The van der Waals surface area contributed by atoms with Crippen LogP contribution < -0.4 is 4.74 Å². The lowest BCUT2D eigenvalue weighted by Crippen LogP contribution is -2.04. The molecule has 0 aliphatic rings. The predicted octanol–water partition coefficient (Wildman–Crippen LogP) is 5.95. The Kier molecular flexibility index (Phi) is 3.62. The summed E-state index contributed by atoms with van der Waals surface area (Å²) >= 11 is 10.7. The lowest BCUT2D eigenvalue weighted by Gasteiger charge is -2.11. The third-order valence-electron chi connectivity index (χ3n) is 2.88. The normalized spacial score (nSPS) is 11.8. The Labute approximate surface area is 132 Å². The van der Waals surface area contributed by atoms with E-state index in [0.29, 0.717) is 16.8 Å². The highest BCUT2D eigenvalue weighted by Crippen LogP contribution is 2.36. The fourth-order valence-electron chi connectivity index (χ4n) is 1.88. The van der Waals surface area contributed by atoms with Crippen molar-refractivity contribution in [2.45, 2.75) is 6.18 Å². The molecular weight excluding hydrogens is 339 g/mol. The van der Waals surface area contributed by atoms with Crippen molar-refractivity contribution in [2.24, 2.45) is 0 Å². The summed E-state index contributed by atoms with van der Waals surface area (Å²) in [5.74, 6) is 0.482. The maximum atomic E-state index is 12.6. The first kappa shape index (κ1) is 14.9. The van der Waals surface area contributed by atoms with Gasteiger partial charge in [-0.1, -0.05) is 11.6 Å². The molecule has 0 saturated carbocycles. The molecule has 2 aromatic carbocycles. The number of halogens is 4. The molecule has 1 N–H and O–H groups in total. The molecule has 22 heavy (non-hydrogen) atoms. The van der Waals surface area contributed by atoms with Crippen LogP contribution in [0.15, 0.2) is 40.8 Å². The highest BCUT2D eigenvalue weighted by molar-refractivity contribution is 7.71. The van der Waals surface area contributed by atoms with Crippen LogP contribution in [0.5, 0.6) is 11.5 Å². The summed E-state index contributed by atoms with van der Waals surface area (Å²) in [6.45, 7) is 0. The first-order valence-corrected chi connectivity index (χ1v) is 6.79. The number of ether oxygens (including phenoxy) is 1. The van der Waals surface area contributed by atoms with Gasteiger partial charge in [0.05, 0.1) is 16.1 Å². The number of aromatic amines is 1. The summed E-state index contributed by atoms with van der Waals surface area (Å²) in [7, 11) is 0. The van der Waals surface area contributed by atoms with Crippen LogP contribution in [0.4, 0.5) is 13.2 Å². The van der Waals surface area contributed by atoms with E-state index in [1.54, 1.807) is 18.2 Å². The summed E-state index contributed by atoms with van der Waals surface area (Å²) in [5.41, 5.74) is 0.332. The van der Waals surface area contributed by atoms with E-state index in [-0.39, 0.29) is 15.6 Å². The Morgan fingerprint density at radius 1 is 1.14 bits per heavy atom. The molecule has 0 atom stereocenters. The highest BCUT2D eigenvalue weighted by atomic mass is 35.5. The molecule has 0 amide bonds. The number of rotatable bonds is 2. The third kappa shape index (κ3) is 2.95. The van der Waals surface area contributed by atoms with E-state index in [2.05, 4.69) is 4.98 Å². The minimum absolute atomic E-state index is 0.114. The van der Waals surface area contributed by atoms with Gasteiger partial charge in [-0.15, -0.1) is 0 Å². The fraction of sp³-hybridized carbons (Fsp3) is 0.0714. The zero-order chi connectivity index (χ0) is 15.9. The maximum Gasteiger partial charge on any atom is 0.416 e. The lowest BCUT2D eigenvalue weighted by molar-refractivity contribution is -0.137. The molecule has 0 unspecified atom stereocenters. The molecule has 0 saturated heterocycles. The number of hydrogen-bond acceptors (Lipinski definition) is 3. The Morgan fingerprint density at radius 3 is 2.59 bits per heavy atom. The van der Waals surface area contributed by atoms with E-state index in [1.165, 1.54) is 6.07 Å². The number of oxazole rings is 1. The molecule has 114 valence electrons. The van der Waals surface area contributed by atoms with Gasteiger partial charge >= 0.3 is 6.18 Å². The molecule has 3 nitrogen and oxygen atoms in total. The van der Waals surface area contributed by atoms with Gasteiger partial charge in [0.2, 0.25) is 0 Å². The highest BCUT2D eigenvalue weighted by Gasteiger charge is 2.31. The second-order valence-electron chi connectivity index (χ2n) is 4.42. The van der Waals surface area contributed by atoms with Crippen LogP contribution in [0.25, 0.3) is 11.1 Å². The van der Waals surface area contributed by atoms with Crippen molar-refractivity contribution in [3.63, 3.8) is 0 Å². The fourth-order valence-corrected chi connectivity index (χ4v) is 2.29. The Morgan fingerprint density at radius 2 is 1.91 bits per heavy atom. The van der Waals surface area contributed by atoms with Crippen LogP contribution >= 0.6 is 23.8 Å². The van der Waals surface area contributed by atoms with Crippen LogP contribution in [0.3, 0.4) is 0 Å². The topological polar surface area (TPSA) is 38.2 Å². The molecule has 0 aliphatic carbocycles. The van der Waals surface area contributed by atoms with E-state index in [0.717, 1.165) is 12.1 Å². The van der Waals surface area contributed by atoms with Crippen molar-refractivity contribution in [1.82, 2.24) is 4.98 Å². The first-order valence-electron chi connectivity index (χ1n) is 6.00. The maximum absolute atomic E-state index is 12.6. The quantitative estimate of drug-likeness (QED) is 0.583. The van der Waals surface area contributed by atoms with Gasteiger partial charge in [-0.25, -0.2) is 0 Å². The summed E-state index contributed by atoms with van der Waals surface area (Å²) in [6, 6.07) is 7.76. The van der Waals surface area contributed by atoms with Gasteiger partial charge in [-0.05, 0) is 42.5 Å². The smallest absolute Gasteiger partial charge is 0.416 e. The van der Waals surface area contributed by atoms with E-state index in [9.17, 15) is 13.2 Å². The van der Waals surface area contributed by atoms with E-state index in [1.807, 2.05) is 0 Å². The molecule has 0 aliphatic heterocycles. The Hall–Kier alpha value is -1.99. The van der Waals surface area contributed by atoms with Crippen molar-refractivity contribution in [1.29, 1.82) is 0 Å². The summed E-state index contributed by atoms with van der Waals surface area (Å²) in [6.07, 6.45) is -4.45. The van der Waals surface area contributed by atoms with Crippen LogP contribution in [0.2, 0.25) is 5.02 Å². The molecule has 0 spiro atoms. The summed E-state index contributed by atoms with van der Waals surface area (Å²) in [4.78, 5) is 3.05. The SMILES string of the molecule is FC(F)(F)c1ccc(Oc2ccc3[nH]c(=S)oc3c2)c(Cl)c1. The zero-order valence-corrected chi connectivity index (χ0v) is 12.3. The van der Waals surface area contributed by atoms with E-state index in [4.69, 9.17) is 33.0 Å². The molecule has 8 heteroatoms. The number of H-pyrrole nitrogens is 1. The molecule has 3 aromatic rings. The molecule has 1 heterocycles. The predicted molar refractivity (Wildman–Crippen MR) is 77.9 cm³/mol. The van der Waals surface area contributed by atoms with Gasteiger partial charge in [-0.2, -0.15) is 13.2 Å². The van der Waals surface area contributed by atoms with Gasteiger partial charge in [0, 0.05) is 6.07 Å². The van der Waals surface area contributed by atoms with Crippen molar-refractivity contribution < 1.29 is 22.3 Å². The number of hydrogen-bond donors (Lipinski definition) is 1. The van der Waals surface area contributed by atoms with Gasteiger partial charge in [0.25, 0.3) is 4.84 Å². The van der Waals surface area contributed by atoms with Crippen LogP contribution in [0, 0.1) is 4.84 Å². The number of fused-ring (bicyclic) bond motifs is 1. The molecule has 0 fully saturated rings. The van der Waals surface area contributed by atoms with E-state index >= 15 is 0 Å². The lowest BCUT2D eigenvalue weighted by atomic mass is 10.2.